The Morgan fingerprint density at radius 2 is 2.12 bits per heavy atom. The molecule has 0 radical (unpaired) electrons. The van der Waals surface area contributed by atoms with Gasteiger partial charge in [-0.2, -0.15) is 5.10 Å². The quantitative estimate of drug-likeness (QED) is 0.492. The summed E-state index contributed by atoms with van der Waals surface area (Å²) >= 11 is 0. The molecule has 1 aliphatic carbocycles. The van der Waals surface area contributed by atoms with Crippen LogP contribution >= 0.6 is 0 Å². The third-order valence-corrected chi connectivity index (χ3v) is 6.31. The number of aliphatic imine (C=N–C) groups is 1. The van der Waals surface area contributed by atoms with Crippen molar-refractivity contribution in [3.63, 3.8) is 0 Å². The molecule has 3 aliphatic rings. The van der Waals surface area contributed by atoms with E-state index in [0.717, 1.165) is 70.2 Å². The molecule has 1 N–H and O–H groups in total. The molecule has 0 aromatic carbocycles. The van der Waals surface area contributed by atoms with E-state index < -0.39 is 0 Å². The first-order valence-corrected chi connectivity index (χ1v) is 10.4. The second kappa shape index (κ2) is 7.45. The first-order valence-electron chi connectivity index (χ1n) is 10.4. The molecular formula is C19H32N6O. The highest BCUT2D eigenvalue weighted by molar-refractivity contribution is 5.80. The number of hydrogen-bond donors (Lipinski definition) is 1. The van der Waals surface area contributed by atoms with Gasteiger partial charge < -0.3 is 10.2 Å². The fourth-order valence-corrected chi connectivity index (χ4v) is 4.63. The number of nitrogens with one attached hydrogen (secondary N) is 1. The first-order chi connectivity index (χ1) is 12.7. The van der Waals surface area contributed by atoms with Gasteiger partial charge in [-0.1, -0.05) is 6.42 Å². The standard InChI is InChI=1S/C19H32N6O/c1-2-20-17(23-14-10-19(15-23)8-5-9-19)21-11-6-13-25-18(26)24-12-4-3-7-16(24)22-25/h2-15H2,1H3,(H,20,21). The molecule has 2 aliphatic heterocycles. The molecule has 2 fully saturated rings. The topological polar surface area (TPSA) is 67.5 Å². The number of hydrogen-bond acceptors (Lipinski definition) is 3. The fourth-order valence-electron chi connectivity index (χ4n) is 4.63. The minimum absolute atomic E-state index is 0.0575. The van der Waals surface area contributed by atoms with Crippen molar-refractivity contribution < 1.29 is 0 Å². The molecule has 0 atom stereocenters. The van der Waals surface area contributed by atoms with E-state index >= 15 is 0 Å². The van der Waals surface area contributed by atoms with Crippen LogP contribution < -0.4 is 11.0 Å². The number of likely N-dealkylation sites (tertiary alicyclic amines) is 1. The summed E-state index contributed by atoms with van der Waals surface area (Å²) in [7, 11) is 0. The Bertz CT molecular complexity index is 714. The van der Waals surface area contributed by atoms with Gasteiger partial charge in [-0.15, -0.1) is 0 Å². The van der Waals surface area contributed by atoms with Crippen LogP contribution in [0.25, 0.3) is 0 Å². The van der Waals surface area contributed by atoms with Crippen LogP contribution in [-0.2, 0) is 19.5 Å². The van der Waals surface area contributed by atoms with E-state index in [-0.39, 0.29) is 5.69 Å². The van der Waals surface area contributed by atoms with Crippen molar-refractivity contribution in [2.75, 3.05) is 26.2 Å². The molecule has 1 spiro atoms. The molecule has 4 rings (SSSR count). The van der Waals surface area contributed by atoms with Crippen LogP contribution in [0.15, 0.2) is 9.79 Å². The molecule has 0 bridgehead atoms. The number of rotatable bonds is 5. The molecule has 1 saturated heterocycles. The molecule has 1 aromatic heterocycles. The second-order valence-electron chi connectivity index (χ2n) is 8.15. The number of fused-ring (bicyclic) bond motifs is 1. The van der Waals surface area contributed by atoms with Gasteiger partial charge >= 0.3 is 5.69 Å². The Morgan fingerprint density at radius 1 is 1.23 bits per heavy atom. The Kier molecular flexibility index (Phi) is 5.05. The lowest BCUT2D eigenvalue weighted by atomic mass is 9.68. The molecule has 7 heteroatoms. The molecule has 0 unspecified atom stereocenters. The SMILES string of the molecule is CCNC(=NCCCn1nc2n(c1=O)CCCC2)N1CCC2(CCC2)C1. The molecule has 0 amide bonds. The van der Waals surface area contributed by atoms with Crippen molar-refractivity contribution in [1.82, 2.24) is 24.6 Å². The van der Waals surface area contributed by atoms with E-state index in [9.17, 15) is 4.79 Å². The van der Waals surface area contributed by atoms with E-state index in [0.29, 0.717) is 12.0 Å². The van der Waals surface area contributed by atoms with Crippen molar-refractivity contribution in [3.8, 4) is 0 Å². The van der Waals surface area contributed by atoms with Gasteiger partial charge in [-0.05, 0) is 50.9 Å². The van der Waals surface area contributed by atoms with Crippen LogP contribution in [0.2, 0.25) is 0 Å². The second-order valence-corrected chi connectivity index (χ2v) is 8.15. The molecule has 1 aromatic rings. The third-order valence-electron chi connectivity index (χ3n) is 6.31. The molecule has 26 heavy (non-hydrogen) atoms. The summed E-state index contributed by atoms with van der Waals surface area (Å²) in [6.07, 6.45) is 9.49. The van der Waals surface area contributed by atoms with Gasteiger partial charge in [-0.3, -0.25) is 9.56 Å². The summed E-state index contributed by atoms with van der Waals surface area (Å²) in [5.74, 6) is 2.01. The lowest BCUT2D eigenvalue weighted by Gasteiger charge is -2.38. The van der Waals surface area contributed by atoms with Crippen LogP contribution in [-0.4, -0.2) is 51.4 Å². The molecule has 7 nitrogen and oxygen atoms in total. The smallest absolute Gasteiger partial charge is 0.345 e. The van der Waals surface area contributed by atoms with Crippen LogP contribution in [0.3, 0.4) is 0 Å². The number of aromatic nitrogens is 3. The van der Waals surface area contributed by atoms with E-state index in [1.807, 2.05) is 4.57 Å². The van der Waals surface area contributed by atoms with Gasteiger partial charge in [-0.25, -0.2) is 9.48 Å². The molecule has 144 valence electrons. The third kappa shape index (κ3) is 3.40. The zero-order chi connectivity index (χ0) is 18.0. The average molecular weight is 361 g/mol. The summed E-state index contributed by atoms with van der Waals surface area (Å²) in [5.41, 5.74) is 0.640. The normalized spacial score (nSPS) is 21.7. The lowest BCUT2D eigenvalue weighted by molar-refractivity contribution is 0.151. The first kappa shape index (κ1) is 17.6. The minimum Gasteiger partial charge on any atom is -0.357 e. The van der Waals surface area contributed by atoms with Crippen molar-refractivity contribution in [2.45, 2.75) is 71.4 Å². The van der Waals surface area contributed by atoms with E-state index in [1.165, 1.54) is 25.7 Å². The summed E-state index contributed by atoms with van der Waals surface area (Å²) in [5, 5.41) is 7.96. The predicted molar refractivity (Wildman–Crippen MR) is 102 cm³/mol. The summed E-state index contributed by atoms with van der Waals surface area (Å²) in [4.78, 5) is 19.6. The minimum atomic E-state index is 0.0575. The molecule has 3 heterocycles. The monoisotopic (exact) mass is 360 g/mol. The maximum absolute atomic E-state index is 12.4. The Balaban J connectivity index is 1.33. The fraction of sp³-hybridized carbons (Fsp3) is 0.842. The summed E-state index contributed by atoms with van der Waals surface area (Å²) < 4.78 is 3.49. The van der Waals surface area contributed by atoms with Gasteiger partial charge in [0.05, 0.1) is 0 Å². The van der Waals surface area contributed by atoms with Gasteiger partial charge in [0.15, 0.2) is 5.96 Å². The van der Waals surface area contributed by atoms with Crippen molar-refractivity contribution in [1.29, 1.82) is 0 Å². The van der Waals surface area contributed by atoms with E-state index in [4.69, 9.17) is 4.99 Å². The van der Waals surface area contributed by atoms with Crippen LogP contribution in [0.5, 0.6) is 0 Å². The highest BCUT2D eigenvalue weighted by Crippen LogP contribution is 2.47. The van der Waals surface area contributed by atoms with E-state index in [1.54, 1.807) is 4.68 Å². The van der Waals surface area contributed by atoms with E-state index in [2.05, 4.69) is 22.2 Å². The number of guanidine groups is 1. The Morgan fingerprint density at radius 3 is 2.81 bits per heavy atom. The Hall–Kier alpha value is -1.79. The molecule has 1 saturated carbocycles. The highest BCUT2D eigenvalue weighted by Gasteiger charge is 2.43. The maximum atomic E-state index is 12.4. The predicted octanol–water partition coefficient (Wildman–Crippen LogP) is 1.61. The van der Waals surface area contributed by atoms with Gasteiger partial charge in [0.25, 0.3) is 0 Å². The number of nitrogens with zero attached hydrogens (tertiary/aromatic N) is 5. The summed E-state index contributed by atoms with van der Waals surface area (Å²) in [6, 6.07) is 0. The van der Waals surface area contributed by atoms with Crippen LogP contribution in [0.1, 0.15) is 57.7 Å². The van der Waals surface area contributed by atoms with Crippen molar-refractivity contribution >= 4 is 5.96 Å². The lowest BCUT2D eigenvalue weighted by Crippen LogP contribution is -2.42. The van der Waals surface area contributed by atoms with Gasteiger partial charge in [0.1, 0.15) is 5.82 Å². The van der Waals surface area contributed by atoms with Crippen molar-refractivity contribution in [3.05, 3.63) is 16.3 Å². The summed E-state index contributed by atoms with van der Waals surface area (Å²) in [6.45, 7) is 7.53. The molecular weight excluding hydrogens is 328 g/mol. The van der Waals surface area contributed by atoms with Crippen LogP contribution in [0.4, 0.5) is 0 Å². The van der Waals surface area contributed by atoms with Gasteiger partial charge in [0.2, 0.25) is 0 Å². The maximum Gasteiger partial charge on any atom is 0.345 e. The number of aryl methyl sites for hydroxylation is 2. The van der Waals surface area contributed by atoms with Crippen LogP contribution in [0, 0.1) is 5.41 Å². The average Bonchev–Trinajstić information content (AvgIpc) is 3.21. The van der Waals surface area contributed by atoms with Crippen molar-refractivity contribution in [2.24, 2.45) is 10.4 Å². The highest BCUT2D eigenvalue weighted by atomic mass is 16.2. The largest absolute Gasteiger partial charge is 0.357 e. The zero-order valence-corrected chi connectivity index (χ0v) is 16.0. The zero-order valence-electron chi connectivity index (χ0n) is 16.0. The Labute approximate surface area is 155 Å². The van der Waals surface area contributed by atoms with Gasteiger partial charge in [0, 0.05) is 45.7 Å².